The molecule has 0 nitrogen and oxygen atoms in total. The highest BCUT2D eigenvalue weighted by Crippen LogP contribution is 2.02. The van der Waals surface area contributed by atoms with Crippen LogP contribution in [0, 0.1) is 25.5 Å². The van der Waals surface area contributed by atoms with Gasteiger partial charge >= 0.3 is 0 Å². The first-order valence-corrected chi connectivity index (χ1v) is 5.03. The third-order valence-corrected chi connectivity index (χ3v) is 2.15. The van der Waals surface area contributed by atoms with Gasteiger partial charge in [0.1, 0.15) is 11.6 Å². The lowest BCUT2D eigenvalue weighted by Crippen LogP contribution is -1.76. The molecule has 2 heteroatoms. The molecule has 0 aliphatic carbocycles. The summed E-state index contributed by atoms with van der Waals surface area (Å²) < 4.78 is 24.6. The topological polar surface area (TPSA) is 0 Å². The summed E-state index contributed by atoms with van der Waals surface area (Å²) >= 11 is 0. The number of halogens is 2. The molecular formula is C14H14F2. The number of aryl methyl sites for hydroxylation is 2. The fourth-order valence-electron chi connectivity index (χ4n) is 1.10. The molecule has 0 spiro atoms. The maximum atomic E-state index is 12.3. The average molecular weight is 220 g/mol. The summed E-state index contributed by atoms with van der Waals surface area (Å²) in [5.74, 6) is -0.264. The highest BCUT2D eigenvalue weighted by molar-refractivity contribution is 5.15. The second-order valence-electron chi connectivity index (χ2n) is 3.50. The van der Waals surface area contributed by atoms with Crippen LogP contribution in [0.25, 0.3) is 0 Å². The van der Waals surface area contributed by atoms with Crippen LogP contribution in [0.3, 0.4) is 0 Å². The number of hydrogen-bond acceptors (Lipinski definition) is 0. The van der Waals surface area contributed by atoms with E-state index in [0.717, 1.165) is 0 Å². The summed E-state index contributed by atoms with van der Waals surface area (Å²) in [6.45, 7) is 3.49. The van der Waals surface area contributed by atoms with Gasteiger partial charge in [0.05, 0.1) is 0 Å². The van der Waals surface area contributed by atoms with Crippen molar-refractivity contribution in [2.24, 2.45) is 0 Å². The van der Waals surface area contributed by atoms with Crippen LogP contribution in [0.1, 0.15) is 11.1 Å². The smallest absolute Gasteiger partial charge is 0.126 e. The SMILES string of the molecule is Cc1ccccc1F.Cc1ccccc1F. The van der Waals surface area contributed by atoms with E-state index >= 15 is 0 Å². The van der Waals surface area contributed by atoms with E-state index in [1.54, 1.807) is 38.1 Å². The second-order valence-corrected chi connectivity index (χ2v) is 3.50. The molecule has 0 atom stereocenters. The van der Waals surface area contributed by atoms with E-state index < -0.39 is 0 Å². The molecule has 0 N–H and O–H groups in total. The van der Waals surface area contributed by atoms with Gasteiger partial charge in [0.2, 0.25) is 0 Å². The number of rotatable bonds is 0. The van der Waals surface area contributed by atoms with Crippen molar-refractivity contribution in [1.29, 1.82) is 0 Å². The van der Waals surface area contributed by atoms with Crippen molar-refractivity contribution in [2.75, 3.05) is 0 Å². The standard InChI is InChI=1S/2C7H7F/c2*1-6-4-2-3-5-7(6)8/h2*2-5H,1H3. The van der Waals surface area contributed by atoms with Gasteiger partial charge in [0.25, 0.3) is 0 Å². The fourth-order valence-corrected chi connectivity index (χ4v) is 1.10. The third-order valence-electron chi connectivity index (χ3n) is 2.15. The Morgan fingerprint density at radius 2 is 0.938 bits per heavy atom. The maximum Gasteiger partial charge on any atom is 0.126 e. The molecule has 0 unspecified atom stereocenters. The van der Waals surface area contributed by atoms with Crippen LogP contribution in [0.5, 0.6) is 0 Å². The van der Waals surface area contributed by atoms with Gasteiger partial charge in [-0.15, -0.1) is 0 Å². The van der Waals surface area contributed by atoms with Crippen LogP contribution in [-0.2, 0) is 0 Å². The Balaban J connectivity index is 0.000000160. The van der Waals surface area contributed by atoms with Gasteiger partial charge in [-0.1, -0.05) is 36.4 Å². The molecule has 0 saturated carbocycles. The molecule has 0 radical (unpaired) electrons. The van der Waals surface area contributed by atoms with Crippen molar-refractivity contribution < 1.29 is 8.78 Å². The predicted octanol–water partition coefficient (Wildman–Crippen LogP) is 4.27. The molecule has 0 aromatic heterocycles. The van der Waals surface area contributed by atoms with Gasteiger partial charge in [-0.2, -0.15) is 0 Å². The van der Waals surface area contributed by atoms with E-state index in [0.29, 0.717) is 11.1 Å². The Morgan fingerprint density at radius 3 is 1.12 bits per heavy atom. The largest absolute Gasteiger partial charge is 0.207 e. The van der Waals surface area contributed by atoms with E-state index in [9.17, 15) is 8.78 Å². The first kappa shape index (κ1) is 12.4. The molecule has 0 aliphatic rings. The van der Waals surface area contributed by atoms with E-state index in [2.05, 4.69) is 0 Å². The molecule has 2 aromatic rings. The van der Waals surface area contributed by atoms with Gasteiger partial charge < -0.3 is 0 Å². The molecule has 2 rings (SSSR count). The predicted molar refractivity (Wildman–Crippen MR) is 62.3 cm³/mol. The Morgan fingerprint density at radius 1 is 0.625 bits per heavy atom. The van der Waals surface area contributed by atoms with E-state index in [-0.39, 0.29) is 11.6 Å². The molecule has 0 bridgehead atoms. The van der Waals surface area contributed by atoms with Crippen LogP contribution >= 0.6 is 0 Å². The Hall–Kier alpha value is -1.70. The second kappa shape index (κ2) is 6.01. The van der Waals surface area contributed by atoms with Crippen LogP contribution < -0.4 is 0 Å². The molecule has 0 amide bonds. The van der Waals surface area contributed by atoms with E-state index in [1.165, 1.54) is 12.1 Å². The molecule has 0 aliphatic heterocycles. The minimum atomic E-state index is -0.132. The van der Waals surface area contributed by atoms with Crippen molar-refractivity contribution in [1.82, 2.24) is 0 Å². The lowest BCUT2D eigenvalue weighted by atomic mass is 10.2. The van der Waals surface area contributed by atoms with Crippen molar-refractivity contribution in [3.8, 4) is 0 Å². The first-order valence-electron chi connectivity index (χ1n) is 5.03. The van der Waals surface area contributed by atoms with Crippen LogP contribution in [-0.4, -0.2) is 0 Å². The minimum Gasteiger partial charge on any atom is -0.207 e. The first-order chi connectivity index (χ1) is 7.61. The van der Waals surface area contributed by atoms with Crippen molar-refractivity contribution in [2.45, 2.75) is 13.8 Å². The quantitative estimate of drug-likeness (QED) is 0.622. The molecular weight excluding hydrogens is 206 g/mol. The zero-order chi connectivity index (χ0) is 12.0. The summed E-state index contributed by atoms with van der Waals surface area (Å²) in [4.78, 5) is 0. The lowest BCUT2D eigenvalue weighted by Gasteiger charge is -1.89. The minimum absolute atomic E-state index is 0.132. The van der Waals surface area contributed by atoms with Gasteiger partial charge in [-0.05, 0) is 37.1 Å². The van der Waals surface area contributed by atoms with Gasteiger partial charge in [0.15, 0.2) is 0 Å². The van der Waals surface area contributed by atoms with E-state index in [1.807, 2.05) is 12.1 Å². The normalized spacial score (nSPS) is 9.25. The monoisotopic (exact) mass is 220 g/mol. The lowest BCUT2D eigenvalue weighted by molar-refractivity contribution is 0.618. The molecule has 0 saturated heterocycles. The average Bonchev–Trinajstić information content (AvgIpc) is 2.28. The van der Waals surface area contributed by atoms with E-state index in [4.69, 9.17) is 0 Å². The third kappa shape index (κ3) is 3.81. The Bertz CT molecular complexity index is 364. The Labute approximate surface area is 94.6 Å². The zero-order valence-electron chi connectivity index (χ0n) is 9.37. The van der Waals surface area contributed by atoms with Crippen molar-refractivity contribution in [3.05, 3.63) is 71.3 Å². The Kier molecular flexibility index (Phi) is 4.65. The van der Waals surface area contributed by atoms with Gasteiger partial charge in [-0.3, -0.25) is 0 Å². The molecule has 0 fully saturated rings. The summed E-state index contributed by atoms with van der Waals surface area (Å²) in [5, 5.41) is 0. The number of hydrogen-bond donors (Lipinski definition) is 0. The fraction of sp³-hybridized carbons (Fsp3) is 0.143. The molecule has 2 aromatic carbocycles. The van der Waals surface area contributed by atoms with Gasteiger partial charge in [-0.25, -0.2) is 8.78 Å². The van der Waals surface area contributed by atoms with Crippen LogP contribution in [0.4, 0.5) is 8.78 Å². The van der Waals surface area contributed by atoms with Crippen LogP contribution in [0.2, 0.25) is 0 Å². The zero-order valence-corrected chi connectivity index (χ0v) is 9.37. The van der Waals surface area contributed by atoms with Crippen LogP contribution in [0.15, 0.2) is 48.5 Å². The summed E-state index contributed by atoms with van der Waals surface area (Å²) in [6.07, 6.45) is 0. The highest BCUT2D eigenvalue weighted by atomic mass is 19.1. The molecule has 0 heterocycles. The summed E-state index contributed by atoms with van der Waals surface area (Å²) in [5.41, 5.74) is 1.40. The van der Waals surface area contributed by atoms with Crippen molar-refractivity contribution >= 4 is 0 Å². The highest BCUT2D eigenvalue weighted by Gasteiger charge is 1.89. The summed E-state index contributed by atoms with van der Waals surface area (Å²) in [6, 6.07) is 13.4. The maximum absolute atomic E-state index is 12.3. The molecule has 84 valence electrons. The van der Waals surface area contributed by atoms with Crippen molar-refractivity contribution in [3.63, 3.8) is 0 Å². The number of benzene rings is 2. The summed E-state index contributed by atoms with van der Waals surface area (Å²) in [7, 11) is 0. The van der Waals surface area contributed by atoms with Gasteiger partial charge in [0, 0.05) is 0 Å². The molecule has 16 heavy (non-hydrogen) atoms.